The maximum absolute atomic E-state index is 14.6. The maximum atomic E-state index is 14.6. The zero-order valence-corrected chi connectivity index (χ0v) is 48.7. The molecule has 0 atom stereocenters. The van der Waals surface area contributed by atoms with Crippen molar-refractivity contribution in [3.8, 4) is 103 Å². The summed E-state index contributed by atoms with van der Waals surface area (Å²) in [5.74, 6) is 2.19. The summed E-state index contributed by atoms with van der Waals surface area (Å²) < 4.78 is 70.3. The molecule has 18 rings (SSSR count). The fraction of sp³-hybridized carbons (Fsp3) is 0. The fourth-order valence-corrected chi connectivity index (χ4v) is 19.4. The molecule has 0 saturated heterocycles. The van der Waals surface area contributed by atoms with Crippen molar-refractivity contribution in [2.75, 3.05) is 0 Å². The third-order valence-corrected chi connectivity index (χ3v) is 24.9. The summed E-state index contributed by atoms with van der Waals surface area (Å²) in [7, 11) is -9.94. The standard InChI is InChI=1S/2C32H17N8O3S.Al.H/c2*41-44(42)43-23-15-7-14-22-24(23)32-39-30-21-13-6-5-12-20(21)28(37-30)35-26-17-9-2-1-8-16(17)25(33-26)34-27-18-10-3-4-11-19(18)29(36-27)38-31(22)40-32;;/h2*1-15H,(H2,33,34,35,36,37,38,39,40);;. The smallest absolute Gasteiger partial charge is 0.397 e. The number of hydrogen-bond donors (Lipinski definition) is 4. The van der Waals surface area contributed by atoms with Crippen LogP contribution in [0, 0.1) is 0 Å². The Balaban J connectivity index is 0.780. The largest absolute Gasteiger partial charge is 0.730 e. The van der Waals surface area contributed by atoms with E-state index in [1.54, 1.807) is 24.3 Å². The van der Waals surface area contributed by atoms with E-state index < -0.39 is 29.9 Å². The van der Waals surface area contributed by atoms with Crippen LogP contribution in [0.25, 0.3) is 179 Å². The van der Waals surface area contributed by atoms with E-state index in [0.29, 0.717) is 102 Å². The average Bonchev–Trinajstić information content (AvgIpc) is 2.02. The molecule has 0 aliphatic carbocycles. The minimum Gasteiger partial charge on any atom is -0.397 e. The second-order valence-electron chi connectivity index (χ2n) is 21.3. The Labute approximate surface area is 504 Å². The van der Waals surface area contributed by atoms with Crippen molar-refractivity contribution in [1.29, 1.82) is 0 Å². The Hall–Kier alpha value is -11.5. The molecule has 8 aromatic carbocycles. The Morgan fingerprint density at radius 1 is 0.247 bits per heavy atom. The Bertz CT molecular complexity index is 5750. The summed E-state index contributed by atoms with van der Waals surface area (Å²) in [6.45, 7) is 0. The number of nitrogens with one attached hydrogen (secondary N) is 4. The molecule has 0 amide bonds. The normalized spacial score (nSPS) is 12.4. The van der Waals surface area contributed by atoms with Crippen LogP contribution in [0.4, 0.5) is 0 Å². The molecule has 0 saturated carbocycles. The van der Waals surface area contributed by atoms with Gasteiger partial charge < -0.3 is 28.3 Å². The van der Waals surface area contributed by atoms with E-state index in [1.807, 2.05) is 146 Å². The number of hydrogen-bond acceptors (Lipinski definition) is 18. The summed E-state index contributed by atoms with van der Waals surface area (Å²) in [6, 6.07) is 55.0. The zero-order chi connectivity index (χ0) is 59.3. The number of nitrogens with zero attached hydrogens (tertiary/aromatic N) is 12. The van der Waals surface area contributed by atoms with Gasteiger partial charge in [0.05, 0.1) is 10.8 Å². The number of fused-ring (bicyclic) bond motifs is 40. The molecule has 10 heterocycles. The quantitative estimate of drug-likeness (QED) is 0.112. The first-order valence-electron chi connectivity index (χ1n) is 27.8. The molecule has 14 aromatic rings. The van der Waals surface area contributed by atoms with Crippen LogP contribution in [-0.2, 0) is 17.0 Å². The van der Waals surface area contributed by atoms with Crippen LogP contribution >= 0.6 is 0 Å². The van der Waals surface area contributed by atoms with Gasteiger partial charge in [0.1, 0.15) is 45.2 Å². The molecular weight excluding hydrogens is 1180 g/mol. The lowest BCUT2D eigenvalue weighted by Crippen LogP contribution is -2.28. The average molecular weight is 1220 g/mol. The SMILES string of the molecule is O=[S](=O)(Oc1cccc2c3nc4nc(nc5[nH]c(nc6nc(nc([nH]3)c12)-c1ccccc1-6)c1ccccc51)-c1ccccc1-4)[AlH][S](=O)(=O)Oc1cccc2c3nc4nc(nc5[nH]c(nc6nc(nc([nH]3)c12)-c1ccccc1-6)c1ccccc51)-c1ccccc1-4. The van der Waals surface area contributed by atoms with Crippen molar-refractivity contribution in [3.05, 3.63) is 182 Å². The minimum absolute atomic E-state index is 0.111. The molecule has 89 heavy (non-hydrogen) atoms. The van der Waals surface area contributed by atoms with E-state index in [2.05, 4.69) is 19.9 Å². The van der Waals surface area contributed by atoms with Crippen LogP contribution in [0.5, 0.6) is 11.5 Å². The van der Waals surface area contributed by atoms with Crippen molar-refractivity contribution < 1.29 is 25.2 Å². The molecule has 4 aliphatic rings. The first-order valence-corrected chi connectivity index (χ1v) is 34.4. The molecular formula is C64H35AlN16O6S2. The fourth-order valence-electron chi connectivity index (χ4n) is 12.0. The van der Waals surface area contributed by atoms with Gasteiger partial charge in [0.2, 0.25) is 17.0 Å². The van der Waals surface area contributed by atoms with Gasteiger partial charge in [0.25, 0.3) is 0 Å². The molecule has 25 heteroatoms. The van der Waals surface area contributed by atoms with E-state index in [9.17, 15) is 16.8 Å². The lowest BCUT2D eigenvalue weighted by Gasteiger charge is -2.10. The third-order valence-electron chi connectivity index (χ3n) is 15.8. The minimum atomic E-state index is -4.97. The third kappa shape index (κ3) is 8.28. The first-order chi connectivity index (χ1) is 43.5. The van der Waals surface area contributed by atoms with Gasteiger partial charge in [-0.25, -0.2) is 76.6 Å². The van der Waals surface area contributed by atoms with E-state index in [-0.39, 0.29) is 56.5 Å². The van der Waals surface area contributed by atoms with Crippen molar-refractivity contribution in [2.24, 2.45) is 0 Å². The highest BCUT2D eigenvalue weighted by Crippen LogP contribution is 2.42. The van der Waals surface area contributed by atoms with Gasteiger partial charge >= 0.3 is 13.0 Å². The Kier molecular flexibility index (Phi) is 10.8. The highest BCUT2D eigenvalue weighted by molar-refractivity contribution is 8.40. The van der Waals surface area contributed by atoms with Crippen LogP contribution in [0.3, 0.4) is 0 Å². The molecule has 4 aliphatic heterocycles. The van der Waals surface area contributed by atoms with Crippen molar-refractivity contribution >= 4 is 118 Å². The van der Waals surface area contributed by atoms with Gasteiger partial charge in [-0.15, -0.1) is 0 Å². The molecule has 22 nitrogen and oxygen atoms in total. The summed E-state index contributed by atoms with van der Waals surface area (Å²) in [6.07, 6.45) is 0. The van der Waals surface area contributed by atoms with E-state index >= 15 is 0 Å². The summed E-state index contributed by atoms with van der Waals surface area (Å²) >= 11 is -3.46. The van der Waals surface area contributed by atoms with Crippen LogP contribution in [0.1, 0.15) is 0 Å². The van der Waals surface area contributed by atoms with Gasteiger partial charge in [-0.05, 0) is 12.1 Å². The van der Waals surface area contributed by atoms with Gasteiger partial charge in [-0.1, -0.05) is 170 Å². The van der Waals surface area contributed by atoms with Crippen LogP contribution < -0.4 is 8.37 Å². The van der Waals surface area contributed by atoms with Crippen LogP contribution in [0.2, 0.25) is 0 Å². The molecule has 0 radical (unpaired) electrons. The maximum Gasteiger partial charge on any atom is 0.730 e. The molecule has 0 unspecified atom stereocenters. The van der Waals surface area contributed by atoms with Crippen molar-refractivity contribution in [1.82, 2.24) is 79.7 Å². The topological polar surface area (TPSA) is 305 Å². The van der Waals surface area contributed by atoms with Crippen LogP contribution in [-0.4, -0.2) is 110 Å². The highest BCUT2D eigenvalue weighted by Gasteiger charge is 2.37. The van der Waals surface area contributed by atoms with Gasteiger partial charge in [0.15, 0.2) is 58.1 Å². The molecule has 0 spiro atoms. The number of aromatic amines is 4. The summed E-state index contributed by atoms with van der Waals surface area (Å²) in [4.78, 5) is 73.6. The van der Waals surface area contributed by atoms with E-state index in [1.165, 1.54) is 12.1 Å². The lowest BCUT2D eigenvalue weighted by molar-refractivity contribution is 0.500. The number of aromatic nitrogens is 16. The Morgan fingerprint density at radius 3 is 0.730 bits per heavy atom. The lowest BCUT2D eigenvalue weighted by atomic mass is 10.1. The zero-order valence-electron chi connectivity index (χ0n) is 45.7. The number of benzene rings is 8. The monoisotopic (exact) mass is 1210 g/mol. The molecule has 16 bridgehead atoms. The number of H-pyrrole nitrogens is 4. The summed E-state index contributed by atoms with van der Waals surface area (Å²) in [5, 5.41) is 4.36. The van der Waals surface area contributed by atoms with Gasteiger partial charge in [-0.3, -0.25) is 0 Å². The molecule has 6 aromatic heterocycles. The first kappa shape index (κ1) is 50.8. The number of rotatable bonds is 6. The second-order valence-corrected chi connectivity index (χ2v) is 31.1. The molecule has 4 N–H and O–H groups in total. The Morgan fingerprint density at radius 2 is 0.461 bits per heavy atom. The van der Waals surface area contributed by atoms with Gasteiger partial charge in [-0.2, -0.15) is 0 Å². The van der Waals surface area contributed by atoms with E-state index in [4.69, 9.17) is 68.2 Å². The second kappa shape index (κ2) is 19.0. The van der Waals surface area contributed by atoms with Crippen LogP contribution in [0.15, 0.2) is 182 Å². The summed E-state index contributed by atoms with van der Waals surface area (Å²) in [5.41, 5.74) is 8.34. The highest BCUT2D eigenvalue weighted by atomic mass is 32.5. The van der Waals surface area contributed by atoms with Gasteiger partial charge in [0, 0.05) is 76.8 Å². The molecule has 0 fully saturated rings. The predicted octanol–water partition coefficient (Wildman–Crippen LogP) is 11.4. The van der Waals surface area contributed by atoms with E-state index in [0.717, 1.165) is 32.7 Å². The predicted molar refractivity (Wildman–Crippen MR) is 338 cm³/mol. The van der Waals surface area contributed by atoms with Crippen molar-refractivity contribution in [3.63, 3.8) is 0 Å². The van der Waals surface area contributed by atoms with Crippen molar-refractivity contribution in [2.45, 2.75) is 0 Å². The molecule has 422 valence electrons.